The molecule has 0 aromatic carbocycles. The van der Waals surface area contributed by atoms with Gasteiger partial charge in [-0.15, -0.1) is 0 Å². The Labute approximate surface area is 470 Å². The third kappa shape index (κ3) is 58.4. The summed E-state index contributed by atoms with van der Waals surface area (Å²) < 4.78 is 22.8. The molecule has 2 unspecified atom stereocenters. The number of allylic oxidation sites excluding steroid dienone is 26. The summed E-state index contributed by atoms with van der Waals surface area (Å²) in [6, 6.07) is 0. The minimum Gasteiger partial charge on any atom is -0.477 e. The van der Waals surface area contributed by atoms with Crippen molar-refractivity contribution < 1.29 is 42.9 Å². The number of unbranched alkanes of at least 4 members (excludes halogenated alkanes) is 11. The fraction of sp³-hybridized carbons (Fsp3) is 0.574. The van der Waals surface area contributed by atoms with Crippen LogP contribution in [0.5, 0.6) is 0 Å². The Bertz CT molecular complexity index is 1810. The zero-order valence-electron chi connectivity index (χ0n) is 49.0. The summed E-state index contributed by atoms with van der Waals surface area (Å²) in [6.07, 6.45) is 81.7. The summed E-state index contributed by atoms with van der Waals surface area (Å²) in [7, 11) is 5.94. The highest BCUT2D eigenvalue weighted by molar-refractivity contribution is 5.71. The van der Waals surface area contributed by atoms with Gasteiger partial charge in [0.1, 0.15) is 13.2 Å². The Morgan fingerprint density at radius 3 is 1.04 bits per heavy atom. The van der Waals surface area contributed by atoms with E-state index in [1.165, 1.54) is 0 Å². The van der Waals surface area contributed by atoms with Gasteiger partial charge in [-0.05, 0) is 122 Å². The van der Waals surface area contributed by atoms with Crippen molar-refractivity contribution in [3.05, 3.63) is 158 Å². The molecular formula is C68H108NO8+. The van der Waals surface area contributed by atoms with Gasteiger partial charge in [0.05, 0.1) is 34.4 Å². The summed E-state index contributed by atoms with van der Waals surface area (Å²) >= 11 is 0. The lowest BCUT2D eigenvalue weighted by Crippen LogP contribution is -2.40. The van der Waals surface area contributed by atoms with Crippen molar-refractivity contribution >= 4 is 17.9 Å². The summed E-state index contributed by atoms with van der Waals surface area (Å²) in [5.74, 6) is -2.07. The number of hydrogen-bond acceptors (Lipinski definition) is 7. The van der Waals surface area contributed by atoms with Crippen molar-refractivity contribution in [2.45, 2.75) is 206 Å². The number of nitrogens with zero attached hydrogens (tertiary/aromatic N) is 1. The molecule has 9 nitrogen and oxygen atoms in total. The molecule has 0 aliphatic heterocycles. The van der Waals surface area contributed by atoms with E-state index in [1.54, 1.807) is 0 Å². The van der Waals surface area contributed by atoms with Gasteiger partial charge in [0.15, 0.2) is 6.10 Å². The van der Waals surface area contributed by atoms with Crippen molar-refractivity contribution in [1.82, 2.24) is 0 Å². The SMILES string of the molecule is CC/C=C\C/C=C\C/C=C\C/C=C\C/C=C\C/C=C\C/C=C\C/C=C\CCCCCCCCC(=O)OC(COC(=O)CCCCCCC/C=C\C/C=C\C/C=C\C/C=C\C/C=C\CC)COC(OCC[N+](C)(C)C)C(=O)O. The van der Waals surface area contributed by atoms with Gasteiger partial charge < -0.3 is 28.5 Å². The fourth-order valence-electron chi connectivity index (χ4n) is 7.29. The molecule has 0 bridgehead atoms. The number of aliphatic carboxylic acids is 1. The average Bonchev–Trinajstić information content (AvgIpc) is 3.40. The van der Waals surface area contributed by atoms with E-state index in [1.807, 2.05) is 21.1 Å². The Kier molecular flexibility index (Phi) is 53.3. The first-order valence-electron chi connectivity index (χ1n) is 29.6. The predicted molar refractivity (Wildman–Crippen MR) is 327 cm³/mol. The molecule has 2 atom stereocenters. The average molecular weight is 1070 g/mol. The van der Waals surface area contributed by atoms with E-state index in [-0.39, 0.29) is 38.6 Å². The number of esters is 2. The summed E-state index contributed by atoms with van der Waals surface area (Å²) in [5, 5.41) is 9.71. The van der Waals surface area contributed by atoms with Crippen LogP contribution in [-0.2, 0) is 33.3 Å². The first-order chi connectivity index (χ1) is 37.6. The zero-order valence-corrected chi connectivity index (χ0v) is 49.0. The monoisotopic (exact) mass is 1070 g/mol. The van der Waals surface area contributed by atoms with E-state index in [0.29, 0.717) is 23.9 Å². The molecule has 0 rings (SSSR count). The van der Waals surface area contributed by atoms with Gasteiger partial charge in [0, 0.05) is 12.8 Å². The number of carbonyl (C=O) groups is 3. The largest absolute Gasteiger partial charge is 0.477 e. The lowest BCUT2D eigenvalue weighted by atomic mass is 10.1. The number of carbonyl (C=O) groups excluding carboxylic acids is 2. The second kappa shape index (κ2) is 57.1. The van der Waals surface area contributed by atoms with Crippen LogP contribution in [0.4, 0.5) is 0 Å². The smallest absolute Gasteiger partial charge is 0.361 e. The van der Waals surface area contributed by atoms with Crippen molar-refractivity contribution in [3.63, 3.8) is 0 Å². The van der Waals surface area contributed by atoms with E-state index in [4.69, 9.17) is 18.9 Å². The highest BCUT2D eigenvalue weighted by atomic mass is 16.7. The first-order valence-corrected chi connectivity index (χ1v) is 29.6. The molecule has 77 heavy (non-hydrogen) atoms. The van der Waals surface area contributed by atoms with Crippen LogP contribution >= 0.6 is 0 Å². The van der Waals surface area contributed by atoms with Crippen LogP contribution in [-0.4, -0.2) is 87.4 Å². The molecule has 0 aromatic rings. The molecule has 0 radical (unpaired) electrons. The van der Waals surface area contributed by atoms with Gasteiger partial charge in [0.2, 0.25) is 0 Å². The van der Waals surface area contributed by atoms with Crippen LogP contribution in [0.1, 0.15) is 194 Å². The number of rotatable bonds is 52. The van der Waals surface area contributed by atoms with Crippen molar-refractivity contribution in [3.8, 4) is 0 Å². The van der Waals surface area contributed by atoms with Crippen LogP contribution in [0.25, 0.3) is 0 Å². The molecule has 432 valence electrons. The Morgan fingerprint density at radius 1 is 0.390 bits per heavy atom. The summed E-state index contributed by atoms with van der Waals surface area (Å²) in [4.78, 5) is 37.5. The first kappa shape index (κ1) is 71.9. The Hall–Kier alpha value is -5.09. The molecule has 0 aromatic heterocycles. The Morgan fingerprint density at radius 2 is 0.701 bits per heavy atom. The lowest BCUT2D eigenvalue weighted by Gasteiger charge is -2.25. The Balaban J connectivity index is 4.36. The molecule has 0 aliphatic carbocycles. The van der Waals surface area contributed by atoms with Gasteiger partial charge >= 0.3 is 17.9 Å². The third-order valence-electron chi connectivity index (χ3n) is 11.8. The standard InChI is InChI=1S/C68H107NO8/c1-6-8-10-12-14-16-18-20-22-24-26-28-29-30-31-32-33-34-35-36-37-39-41-43-45-47-49-51-53-55-57-59-66(71)77-64(63-76-68(67(72)73)74-61-60-69(3,4)5)62-75-65(70)58-56-54-52-50-48-46-44-42-40-38-27-25-23-21-19-17-15-13-11-9-7-2/h8-11,14-17,20-23,26-28,30-31,33-34,36-38,41-44,64,68H,6-7,12-13,18-19,24-25,29,32,35,39-40,45-63H2,1-5H3/p+1/b10-8-,11-9-,16-14-,17-15-,22-20-,23-21-,28-26-,31-30-,34-33-,37-36-,38-27-,43-41-,44-42-. The molecule has 0 spiro atoms. The van der Waals surface area contributed by atoms with E-state index in [0.717, 1.165) is 154 Å². The van der Waals surface area contributed by atoms with E-state index in [2.05, 4.69) is 172 Å². The highest BCUT2D eigenvalue weighted by Gasteiger charge is 2.25. The van der Waals surface area contributed by atoms with Gasteiger partial charge in [0.25, 0.3) is 6.29 Å². The second-order valence-corrected chi connectivity index (χ2v) is 20.2. The normalized spacial score (nSPS) is 13.9. The number of carboxylic acids is 1. The maximum atomic E-state index is 12.9. The van der Waals surface area contributed by atoms with Crippen molar-refractivity contribution in [1.29, 1.82) is 0 Å². The summed E-state index contributed by atoms with van der Waals surface area (Å²) in [6.45, 7) is 4.58. The third-order valence-corrected chi connectivity index (χ3v) is 11.8. The highest BCUT2D eigenvalue weighted by Crippen LogP contribution is 2.13. The minimum absolute atomic E-state index is 0.171. The molecule has 0 aliphatic rings. The molecule has 0 fully saturated rings. The van der Waals surface area contributed by atoms with Crippen LogP contribution in [0.3, 0.4) is 0 Å². The molecule has 1 N–H and O–H groups in total. The van der Waals surface area contributed by atoms with E-state index < -0.39 is 24.3 Å². The second-order valence-electron chi connectivity index (χ2n) is 20.2. The maximum absolute atomic E-state index is 12.9. The molecule has 0 amide bonds. The van der Waals surface area contributed by atoms with Crippen molar-refractivity contribution in [2.75, 3.05) is 47.5 Å². The minimum atomic E-state index is -1.53. The van der Waals surface area contributed by atoms with Crippen LogP contribution in [0.15, 0.2) is 158 Å². The quantitative estimate of drug-likeness (QED) is 0.0211. The molecule has 9 heteroatoms. The van der Waals surface area contributed by atoms with Crippen LogP contribution < -0.4 is 0 Å². The molecular weight excluding hydrogens is 959 g/mol. The van der Waals surface area contributed by atoms with Crippen LogP contribution in [0.2, 0.25) is 0 Å². The van der Waals surface area contributed by atoms with Crippen molar-refractivity contribution in [2.24, 2.45) is 0 Å². The van der Waals surface area contributed by atoms with Gasteiger partial charge in [-0.1, -0.05) is 217 Å². The van der Waals surface area contributed by atoms with Gasteiger partial charge in [-0.25, -0.2) is 4.79 Å². The van der Waals surface area contributed by atoms with E-state index >= 15 is 0 Å². The molecule has 0 heterocycles. The topological polar surface area (TPSA) is 108 Å². The molecule has 0 saturated carbocycles. The lowest BCUT2D eigenvalue weighted by molar-refractivity contribution is -0.870. The zero-order chi connectivity index (χ0) is 56.2. The van der Waals surface area contributed by atoms with Crippen LogP contribution in [0, 0.1) is 0 Å². The maximum Gasteiger partial charge on any atom is 0.361 e. The number of likely N-dealkylation sites (N-methyl/N-ethyl adjacent to an activating group) is 1. The van der Waals surface area contributed by atoms with Gasteiger partial charge in [-0.3, -0.25) is 9.59 Å². The van der Waals surface area contributed by atoms with Gasteiger partial charge in [-0.2, -0.15) is 0 Å². The predicted octanol–water partition coefficient (Wildman–Crippen LogP) is 17.8. The molecule has 0 saturated heterocycles. The van der Waals surface area contributed by atoms with E-state index in [9.17, 15) is 19.5 Å². The fourth-order valence-corrected chi connectivity index (χ4v) is 7.29. The summed E-state index contributed by atoms with van der Waals surface area (Å²) in [5.41, 5.74) is 0. The number of quaternary nitrogens is 1. The number of hydrogen-bond donors (Lipinski definition) is 1. The number of carboxylic acid groups (broad SMARTS) is 1. The number of ether oxygens (including phenoxy) is 4.